The van der Waals surface area contributed by atoms with Gasteiger partial charge in [0, 0.05) is 5.92 Å². The molecule has 0 aromatic heterocycles. The molecule has 0 aliphatic carbocycles. The Morgan fingerprint density at radius 3 is 2.22 bits per heavy atom. The first kappa shape index (κ1) is 17.1. The Morgan fingerprint density at radius 2 is 1.57 bits per heavy atom. The Hall–Kier alpha value is -2.27. The Morgan fingerprint density at radius 1 is 0.913 bits per heavy atom. The maximum Gasteiger partial charge on any atom is 0.119 e. The number of nitrogens with zero attached hydrogens (tertiary/aromatic N) is 1. The molecule has 0 fully saturated rings. The summed E-state index contributed by atoms with van der Waals surface area (Å²) < 4.78 is 5.79. The van der Waals surface area contributed by atoms with E-state index in [1.165, 1.54) is 11.1 Å². The lowest BCUT2D eigenvalue weighted by Gasteiger charge is -2.10. The van der Waals surface area contributed by atoms with Gasteiger partial charge in [-0.3, -0.25) is 0 Å². The molecule has 0 N–H and O–H groups in total. The van der Waals surface area contributed by atoms with Gasteiger partial charge in [-0.1, -0.05) is 62.2 Å². The van der Waals surface area contributed by atoms with Crippen molar-refractivity contribution in [3.05, 3.63) is 54.6 Å². The monoisotopic (exact) mass is 307 g/mol. The third-order valence-electron chi connectivity index (χ3n) is 4.02. The molecule has 1 unspecified atom stereocenters. The quantitative estimate of drug-likeness (QED) is 0.545. The first-order chi connectivity index (χ1) is 11.3. The van der Waals surface area contributed by atoms with Crippen molar-refractivity contribution in [2.45, 2.75) is 39.0 Å². The predicted octanol–water partition coefficient (Wildman–Crippen LogP) is 5.84. The molecule has 0 aliphatic heterocycles. The van der Waals surface area contributed by atoms with Crippen molar-refractivity contribution in [3.8, 4) is 22.9 Å². The van der Waals surface area contributed by atoms with Crippen molar-refractivity contribution in [1.82, 2.24) is 0 Å². The lowest BCUT2D eigenvalue weighted by Crippen LogP contribution is -2.03. The lowest BCUT2D eigenvalue weighted by atomic mass is 9.99. The van der Waals surface area contributed by atoms with Crippen molar-refractivity contribution < 1.29 is 4.74 Å². The van der Waals surface area contributed by atoms with Gasteiger partial charge < -0.3 is 4.74 Å². The minimum absolute atomic E-state index is 0.180. The molecule has 120 valence electrons. The number of nitriles is 1. The summed E-state index contributed by atoms with van der Waals surface area (Å²) >= 11 is 0. The van der Waals surface area contributed by atoms with E-state index < -0.39 is 0 Å². The number of hydrogen-bond donors (Lipinski definition) is 0. The van der Waals surface area contributed by atoms with Crippen LogP contribution in [0.5, 0.6) is 5.75 Å². The largest absolute Gasteiger partial charge is 0.494 e. The predicted molar refractivity (Wildman–Crippen MR) is 95.2 cm³/mol. The molecular formula is C21H25NO. The number of hydrogen-bond acceptors (Lipinski definition) is 2. The highest BCUT2D eigenvalue weighted by Gasteiger charge is 2.06. The summed E-state index contributed by atoms with van der Waals surface area (Å²) in [5, 5.41) is 9.12. The highest BCUT2D eigenvalue weighted by Crippen LogP contribution is 2.22. The van der Waals surface area contributed by atoms with E-state index >= 15 is 0 Å². The van der Waals surface area contributed by atoms with Gasteiger partial charge in [0.1, 0.15) is 5.75 Å². The molecule has 0 saturated heterocycles. The molecule has 2 rings (SSSR count). The Labute approximate surface area is 139 Å². The number of unbranched alkanes of at least 4 members (excludes halogenated alkanes) is 1. The molecular weight excluding hydrogens is 282 g/mol. The number of ether oxygens (including phenoxy) is 1. The summed E-state index contributed by atoms with van der Waals surface area (Å²) in [7, 11) is 0. The van der Waals surface area contributed by atoms with Crippen LogP contribution in [0.25, 0.3) is 11.1 Å². The van der Waals surface area contributed by atoms with E-state index in [1.54, 1.807) is 0 Å². The van der Waals surface area contributed by atoms with Crippen LogP contribution in [0.1, 0.15) is 39.0 Å². The molecule has 0 radical (unpaired) electrons. The van der Waals surface area contributed by atoms with Gasteiger partial charge in [-0.05, 0) is 42.5 Å². The van der Waals surface area contributed by atoms with Crippen molar-refractivity contribution in [2.75, 3.05) is 6.61 Å². The second-order valence-corrected chi connectivity index (χ2v) is 5.85. The normalized spacial score (nSPS) is 11.7. The molecule has 2 aromatic carbocycles. The fourth-order valence-corrected chi connectivity index (χ4v) is 2.62. The van der Waals surface area contributed by atoms with Gasteiger partial charge in [-0.2, -0.15) is 5.26 Å². The second-order valence-electron chi connectivity index (χ2n) is 5.85. The number of benzene rings is 2. The van der Waals surface area contributed by atoms with E-state index in [0.717, 1.165) is 37.9 Å². The van der Waals surface area contributed by atoms with Crippen LogP contribution in [0.4, 0.5) is 0 Å². The minimum atomic E-state index is 0.180. The molecule has 2 nitrogen and oxygen atoms in total. The molecule has 1 atom stereocenters. The summed E-state index contributed by atoms with van der Waals surface area (Å²) in [4.78, 5) is 0. The van der Waals surface area contributed by atoms with Crippen LogP contribution >= 0.6 is 0 Å². The SMILES string of the molecule is CCCCC(C#N)CCCOc1ccc(-c2ccccc2)cc1. The van der Waals surface area contributed by atoms with Crippen LogP contribution in [0.3, 0.4) is 0 Å². The number of rotatable bonds is 9. The Bertz CT molecular complexity index is 598. The van der Waals surface area contributed by atoms with Crippen LogP contribution in [0.2, 0.25) is 0 Å². The summed E-state index contributed by atoms with van der Waals surface area (Å²) in [5.74, 6) is 1.07. The van der Waals surface area contributed by atoms with Gasteiger partial charge in [-0.25, -0.2) is 0 Å². The van der Waals surface area contributed by atoms with Crippen LogP contribution in [-0.2, 0) is 0 Å². The Balaban J connectivity index is 1.75. The standard InChI is InChI=1S/C21H25NO/c1-2-3-8-18(17-22)9-7-16-23-21-14-12-20(13-15-21)19-10-5-4-6-11-19/h4-6,10-15,18H,2-3,7-9,16H2,1H3. The van der Waals surface area contributed by atoms with E-state index in [-0.39, 0.29) is 5.92 Å². The molecule has 2 aromatic rings. The third kappa shape index (κ3) is 5.79. The summed E-state index contributed by atoms with van der Waals surface area (Å²) in [5.41, 5.74) is 2.41. The molecule has 2 heteroatoms. The fourth-order valence-electron chi connectivity index (χ4n) is 2.62. The van der Waals surface area contributed by atoms with Gasteiger partial charge >= 0.3 is 0 Å². The molecule has 0 amide bonds. The second kappa shape index (κ2) is 9.69. The zero-order valence-corrected chi connectivity index (χ0v) is 13.9. The van der Waals surface area contributed by atoms with Crippen molar-refractivity contribution in [1.29, 1.82) is 5.26 Å². The molecule has 0 saturated carbocycles. The minimum Gasteiger partial charge on any atom is -0.494 e. The maximum atomic E-state index is 9.12. The maximum absolute atomic E-state index is 9.12. The molecule has 0 bridgehead atoms. The van der Waals surface area contributed by atoms with Gasteiger partial charge in [-0.15, -0.1) is 0 Å². The topological polar surface area (TPSA) is 33.0 Å². The van der Waals surface area contributed by atoms with Crippen LogP contribution < -0.4 is 4.74 Å². The van der Waals surface area contributed by atoms with Gasteiger partial charge in [0.2, 0.25) is 0 Å². The summed E-state index contributed by atoms with van der Waals surface area (Å²) in [6.45, 7) is 2.84. The molecule has 0 aliphatic rings. The van der Waals surface area contributed by atoms with E-state index in [9.17, 15) is 0 Å². The smallest absolute Gasteiger partial charge is 0.119 e. The third-order valence-corrected chi connectivity index (χ3v) is 4.02. The lowest BCUT2D eigenvalue weighted by molar-refractivity contribution is 0.297. The Kier molecular flexibility index (Phi) is 7.20. The van der Waals surface area contributed by atoms with Crippen LogP contribution in [0, 0.1) is 17.2 Å². The van der Waals surface area contributed by atoms with E-state index in [2.05, 4.69) is 37.3 Å². The van der Waals surface area contributed by atoms with Crippen molar-refractivity contribution in [3.63, 3.8) is 0 Å². The molecule has 23 heavy (non-hydrogen) atoms. The summed E-state index contributed by atoms with van der Waals surface area (Å²) in [6.07, 6.45) is 5.17. The van der Waals surface area contributed by atoms with Crippen LogP contribution in [0.15, 0.2) is 54.6 Å². The van der Waals surface area contributed by atoms with E-state index in [0.29, 0.717) is 6.61 Å². The highest BCUT2D eigenvalue weighted by atomic mass is 16.5. The van der Waals surface area contributed by atoms with E-state index in [1.807, 2.05) is 30.3 Å². The van der Waals surface area contributed by atoms with E-state index in [4.69, 9.17) is 10.00 Å². The first-order valence-corrected chi connectivity index (χ1v) is 8.51. The van der Waals surface area contributed by atoms with Gasteiger partial charge in [0.05, 0.1) is 12.7 Å². The summed E-state index contributed by atoms with van der Waals surface area (Å²) in [6, 6.07) is 20.9. The fraction of sp³-hybridized carbons (Fsp3) is 0.381. The highest BCUT2D eigenvalue weighted by molar-refractivity contribution is 5.63. The van der Waals surface area contributed by atoms with Gasteiger partial charge in [0.15, 0.2) is 0 Å². The first-order valence-electron chi connectivity index (χ1n) is 8.51. The average molecular weight is 307 g/mol. The molecule has 0 heterocycles. The van der Waals surface area contributed by atoms with Gasteiger partial charge in [0.25, 0.3) is 0 Å². The zero-order chi connectivity index (χ0) is 16.3. The van der Waals surface area contributed by atoms with Crippen LogP contribution in [-0.4, -0.2) is 6.61 Å². The zero-order valence-electron chi connectivity index (χ0n) is 13.9. The van der Waals surface area contributed by atoms with Crippen molar-refractivity contribution in [2.24, 2.45) is 5.92 Å². The van der Waals surface area contributed by atoms with Crippen molar-refractivity contribution >= 4 is 0 Å². The average Bonchev–Trinajstić information content (AvgIpc) is 2.62. The molecule has 0 spiro atoms.